The van der Waals surface area contributed by atoms with Gasteiger partial charge in [0.1, 0.15) is 0 Å². The number of carbonyl (C=O) groups is 2. The van der Waals surface area contributed by atoms with E-state index in [4.69, 9.17) is 0 Å². The monoisotopic (exact) mass is 249 g/mol. The summed E-state index contributed by atoms with van der Waals surface area (Å²) < 4.78 is 4.62. The van der Waals surface area contributed by atoms with Gasteiger partial charge >= 0.3 is 5.97 Å². The van der Waals surface area contributed by atoms with Crippen LogP contribution in [0.15, 0.2) is 30.3 Å². The zero-order valence-corrected chi connectivity index (χ0v) is 10.8. The van der Waals surface area contributed by atoms with Gasteiger partial charge in [0, 0.05) is 13.0 Å². The third-order valence-electron chi connectivity index (χ3n) is 2.67. The fourth-order valence-corrected chi connectivity index (χ4v) is 1.78. The number of aryl methyl sites for hydroxylation is 1. The molecular formula is C14H19NO3. The molecule has 98 valence electrons. The van der Waals surface area contributed by atoms with Crippen LogP contribution < -0.4 is 5.32 Å². The molecule has 1 atom stereocenters. The van der Waals surface area contributed by atoms with E-state index in [-0.39, 0.29) is 24.3 Å². The van der Waals surface area contributed by atoms with Crippen LogP contribution >= 0.6 is 0 Å². The zero-order chi connectivity index (χ0) is 13.4. The average Bonchev–Trinajstić information content (AvgIpc) is 2.36. The van der Waals surface area contributed by atoms with Crippen molar-refractivity contribution >= 4 is 11.9 Å². The van der Waals surface area contributed by atoms with Crippen molar-refractivity contribution < 1.29 is 14.3 Å². The van der Waals surface area contributed by atoms with Crippen LogP contribution in [-0.4, -0.2) is 25.0 Å². The van der Waals surface area contributed by atoms with Gasteiger partial charge in [0.05, 0.1) is 13.5 Å². The van der Waals surface area contributed by atoms with Crippen molar-refractivity contribution in [2.75, 3.05) is 7.11 Å². The van der Waals surface area contributed by atoms with Crippen LogP contribution in [0.4, 0.5) is 0 Å². The molecule has 0 radical (unpaired) electrons. The van der Waals surface area contributed by atoms with E-state index in [1.54, 1.807) is 0 Å². The number of benzene rings is 1. The van der Waals surface area contributed by atoms with Crippen LogP contribution in [-0.2, 0) is 20.7 Å². The van der Waals surface area contributed by atoms with E-state index in [9.17, 15) is 9.59 Å². The van der Waals surface area contributed by atoms with E-state index in [1.807, 2.05) is 30.3 Å². The quantitative estimate of drug-likeness (QED) is 0.780. The number of hydrogen-bond acceptors (Lipinski definition) is 3. The molecule has 4 heteroatoms. The molecule has 0 spiro atoms. The van der Waals surface area contributed by atoms with Crippen LogP contribution in [0.2, 0.25) is 0 Å². The summed E-state index contributed by atoms with van der Waals surface area (Å²) in [7, 11) is 1.35. The minimum Gasteiger partial charge on any atom is -0.469 e. The molecule has 1 aromatic rings. The second-order valence-electron chi connectivity index (χ2n) is 4.20. The zero-order valence-electron chi connectivity index (χ0n) is 10.8. The lowest BCUT2D eigenvalue weighted by atomic mass is 10.0. The van der Waals surface area contributed by atoms with E-state index in [0.29, 0.717) is 0 Å². The van der Waals surface area contributed by atoms with Crippen molar-refractivity contribution in [3.63, 3.8) is 0 Å². The summed E-state index contributed by atoms with van der Waals surface area (Å²) in [6.07, 6.45) is 1.75. The lowest BCUT2D eigenvalue weighted by Crippen LogP contribution is -2.35. The molecule has 0 aromatic heterocycles. The van der Waals surface area contributed by atoms with Gasteiger partial charge < -0.3 is 10.1 Å². The molecule has 1 amide bonds. The van der Waals surface area contributed by atoms with Gasteiger partial charge in [0.25, 0.3) is 0 Å². The lowest BCUT2D eigenvalue weighted by Gasteiger charge is -2.16. The van der Waals surface area contributed by atoms with Gasteiger partial charge in [0.2, 0.25) is 5.91 Å². The minimum absolute atomic E-state index is 0.128. The molecule has 1 aromatic carbocycles. The Morgan fingerprint density at radius 2 is 1.94 bits per heavy atom. The summed E-state index contributed by atoms with van der Waals surface area (Å²) in [5, 5.41) is 2.78. The van der Waals surface area contributed by atoms with E-state index < -0.39 is 0 Å². The number of rotatable bonds is 6. The predicted octanol–water partition coefficient (Wildman–Crippen LogP) is 1.69. The van der Waals surface area contributed by atoms with Crippen molar-refractivity contribution in [1.29, 1.82) is 0 Å². The third-order valence-corrected chi connectivity index (χ3v) is 2.67. The first-order valence-electron chi connectivity index (χ1n) is 5.99. The van der Waals surface area contributed by atoms with Gasteiger partial charge in [-0.3, -0.25) is 9.59 Å². The molecule has 0 saturated heterocycles. The van der Waals surface area contributed by atoms with Gasteiger partial charge in [-0.15, -0.1) is 0 Å². The Labute approximate surface area is 107 Å². The maximum absolute atomic E-state index is 11.2. The first-order valence-corrected chi connectivity index (χ1v) is 5.99. The molecule has 1 rings (SSSR count). The molecule has 0 aliphatic heterocycles. The number of methoxy groups -OCH3 is 1. The first-order chi connectivity index (χ1) is 8.61. The number of hydrogen-bond donors (Lipinski definition) is 1. The van der Waals surface area contributed by atoms with Gasteiger partial charge in [-0.05, 0) is 18.4 Å². The normalized spacial score (nSPS) is 11.7. The number of ether oxygens (including phenoxy) is 1. The van der Waals surface area contributed by atoms with E-state index in [2.05, 4.69) is 10.1 Å². The van der Waals surface area contributed by atoms with Crippen LogP contribution in [0.1, 0.15) is 25.3 Å². The first kappa shape index (κ1) is 14.2. The summed E-state index contributed by atoms with van der Waals surface area (Å²) in [4.78, 5) is 22.3. The smallest absolute Gasteiger partial charge is 0.307 e. The van der Waals surface area contributed by atoms with E-state index >= 15 is 0 Å². The van der Waals surface area contributed by atoms with Crippen molar-refractivity contribution in [3.05, 3.63) is 35.9 Å². The van der Waals surface area contributed by atoms with Crippen LogP contribution in [0.25, 0.3) is 0 Å². The molecule has 0 saturated carbocycles. The maximum atomic E-state index is 11.2. The maximum Gasteiger partial charge on any atom is 0.307 e. The second-order valence-corrected chi connectivity index (χ2v) is 4.20. The summed E-state index contributed by atoms with van der Waals surface area (Å²) in [5.41, 5.74) is 1.19. The van der Waals surface area contributed by atoms with E-state index in [1.165, 1.54) is 19.6 Å². The van der Waals surface area contributed by atoms with Crippen LogP contribution in [0.5, 0.6) is 0 Å². The molecule has 0 heterocycles. The molecule has 1 unspecified atom stereocenters. The van der Waals surface area contributed by atoms with Gasteiger partial charge in [-0.1, -0.05) is 30.3 Å². The highest BCUT2D eigenvalue weighted by molar-refractivity contribution is 5.75. The van der Waals surface area contributed by atoms with Crippen molar-refractivity contribution in [2.45, 2.75) is 32.2 Å². The SMILES string of the molecule is COC(=O)CC(CCc1ccccc1)NC(C)=O. The van der Waals surface area contributed by atoms with Crippen molar-refractivity contribution in [1.82, 2.24) is 5.32 Å². The summed E-state index contributed by atoms with van der Waals surface area (Å²) >= 11 is 0. The van der Waals surface area contributed by atoms with Gasteiger partial charge in [-0.25, -0.2) is 0 Å². The largest absolute Gasteiger partial charge is 0.469 e. The Kier molecular flexibility index (Phi) is 5.91. The minimum atomic E-state index is -0.304. The van der Waals surface area contributed by atoms with Crippen LogP contribution in [0, 0.1) is 0 Å². The highest BCUT2D eigenvalue weighted by Gasteiger charge is 2.15. The van der Waals surface area contributed by atoms with Gasteiger partial charge in [-0.2, -0.15) is 0 Å². The highest BCUT2D eigenvalue weighted by Crippen LogP contribution is 2.08. The Morgan fingerprint density at radius 3 is 2.50 bits per heavy atom. The molecule has 18 heavy (non-hydrogen) atoms. The molecule has 0 aliphatic rings. The fourth-order valence-electron chi connectivity index (χ4n) is 1.78. The Balaban J connectivity index is 2.50. The number of carbonyl (C=O) groups excluding carboxylic acids is 2. The Hall–Kier alpha value is -1.84. The number of amides is 1. The second kappa shape index (κ2) is 7.48. The molecule has 0 aliphatic carbocycles. The lowest BCUT2D eigenvalue weighted by molar-refractivity contribution is -0.141. The summed E-state index contributed by atoms with van der Waals surface area (Å²) in [6, 6.07) is 9.80. The standard InChI is InChI=1S/C14H19NO3/c1-11(16)15-13(10-14(17)18-2)9-8-12-6-4-3-5-7-12/h3-7,13H,8-10H2,1-2H3,(H,15,16). The van der Waals surface area contributed by atoms with Crippen molar-refractivity contribution in [2.24, 2.45) is 0 Å². The van der Waals surface area contributed by atoms with Gasteiger partial charge in [0.15, 0.2) is 0 Å². The molecule has 0 bridgehead atoms. The number of esters is 1. The molecule has 4 nitrogen and oxygen atoms in total. The summed E-state index contributed by atoms with van der Waals surface area (Å²) in [6.45, 7) is 1.45. The molecule has 0 fully saturated rings. The summed E-state index contributed by atoms with van der Waals surface area (Å²) in [5.74, 6) is -0.432. The average molecular weight is 249 g/mol. The predicted molar refractivity (Wildman–Crippen MR) is 69.0 cm³/mol. The van der Waals surface area contributed by atoms with E-state index in [0.717, 1.165) is 12.8 Å². The fraction of sp³-hybridized carbons (Fsp3) is 0.429. The van der Waals surface area contributed by atoms with Crippen LogP contribution in [0.3, 0.4) is 0 Å². The Morgan fingerprint density at radius 1 is 1.28 bits per heavy atom. The third kappa shape index (κ3) is 5.48. The highest BCUT2D eigenvalue weighted by atomic mass is 16.5. The molecular weight excluding hydrogens is 230 g/mol. The Bertz CT molecular complexity index is 389. The van der Waals surface area contributed by atoms with Crippen molar-refractivity contribution in [3.8, 4) is 0 Å². The molecule has 1 N–H and O–H groups in total. The number of nitrogens with one attached hydrogen (secondary N) is 1. The topological polar surface area (TPSA) is 55.4 Å².